The fourth-order valence-electron chi connectivity index (χ4n) is 3.08. The Kier molecular flexibility index (Phi) is 5.73. The molecule has 3 aromatic rings. The van der Waals surface area contributed by atoms with Gasteiger partial charge in [0.1, 0.15) is 17.3 Å². The van der Waals surface area contributed by atoms with Crippen LogP contribution in [0, 0.1) is 21.4 Å². The first kappa shape index (κ1) is 20.5. The molecule has 1 amide bonds. The number of hydrogen-bond donors (Lipinski definition) is 2. The fourth-order valence-corrected chi connectivity index (χ4v) is 3.08. The van der Waals surface area contributed by atoms with Crippen molar-refractivity contribution in [2.75, 3.05) is 21.3 Å². The first-order chi connectivity index (χ1) is 14.4. The van der Waals surface area contributed by atoms with Crippen LogP contribution in [0.4, 0.5) is 5.69 Å². The number of H-pyrrole nitrogens is 1. The van der Waals surface area contributed by atoms with Crippen LogP contribution >= 0.6 is 0 Å². The number of ether oxygens (including phenoxy) is 3. The van der Waals surface area contributed by atoms with Gasteiger partial charge in [-0.2, -0.15) is 5.26 Å². The number of nitrogens with one attached hydrogen (secondary N) is 2. The molecule has 2 N–H and O–H groups in total. The van der Waals surface area contributed by atoms with E-state index in [-0.39, 0.29) is 16.9 Å². The van der Waals surface area contributed by atoms with Gasteiger partial charge < -0.3 is 24.5 Å². The molecule has 0 spiro atoms. The first-order valence-corrected chi connectivity index (χ1v) is 8.70. The summed E-state index contributed by atoms with van der Waals surface area (Å²) in [6.07, 6.45) is 0. The molecular weight excluding hydrogens is 392 g/mol. The SMILES string of the molecule is COc1cc(C(C#N)NC(=O)c2cc3cccc([N+](=O)[O-])c3[nH]2)cc(OC)c1OC. The number of nitro benzene ring substituents is 1. The van der Waals surface area contributed by atoms with Crippen LogP contribution in [0.1, 0.15) is 22.1 Å². The summed E-state index contributed by atoms with van der Waals surface area (Å²) in [6.45, 7) is 0. The van der Waals surface area contributed by atoms with E-state index in [0.29, 0.717) is 28.2 Å². The summed E-state index contributed by atoms with van der Waals surface area (Å²) >= 11 is 0. The van der Waals surface area contributed by atoms with Gasteiger partial charge in [-0.1, -0.05) is 12.1 Å². The van der Waals surface area contributed by atoms with Gasteiger partial charge in [0, 0.05) is 11.5 Å². The standard InChI is InChI=1S/C20H18N4O6/c1-28-16-8-12(9-17(29-2)19(16)30-3)14(10-21)23-20(25)13-7-11-5-4-6-15(24(26)27)18(11)22-13/h4-9,14,22H,1-3H3,(H,23,25). The maximum Gasteiger partial charge on any atom is 0.293 e. The van der Waals surface area contributed by atoms with Crippen molar-refractivity contribution in [3.63, 3.8) is 0 Å². The largest absolute Gasteiger partial charge is 0.493 e. The number of nitro groups is 1. The zero-order valence-corrected chi connectivity index (χ0v) is 16.4. The molecule has 0 radical (unpaired) electrons. The van der Waals surface area contributed by atoms with E-state index in [0.717, 1.165) is 0 Å². The number of nitriles is 1. The predicted octanol–water partition coefficient (Wildman–Crippen LogP) is 3.10. The molecule has 30 heavy (non-hydrogen) atoms. The topological polar surface area (TPSA) is 140 Å². The smallest absolute Gasteiger partial charge is 0.293 e. The average molecular weight is 410 g/mol. The van der Waals surface area contributed by atoms with Crippen LogP contribution in [0.25, 0.3) is 10.9 Å². The molecule has 0 aliphatic carbocycles. The number of carbonyl (C=O) groups excluding carboxylic acids is 1. The fraction of sp³-hybridized carbons (Fsp3) is 0.200. The minimum Gasteiger partial charge on any atom is -0.493 e. The molecular formula is C20H18N4O6. The number of non-ortho nitro benzene ring substituents is 1. The monoisotopic (exact) mass is 410 g/mol. The van der Waals surface area contributed by atoms with Gasteiger partial charge in [-0.15, -0.1) is 0 Å². The lowest BCUT2D eigenvalue weighted by Gasteiger charge is -2.17. The number of benzene rings is 2. The molecule has 0 saturated carbocycles. The zero-order chi connectivity index (χ0) is 21.8. The summed E-state index contributed by atoms with van der Waals surface area (Å²) in [4.78, 5) is 26.1. The lowest BCUT2D eigenvalue weighted by atomic mass is 10.1. The van der Waals surface area contributed by atoms with E-state index in [1.54, 1.807) is 18.2 Å². The van der Waals surface area contributed by atoms with Gasteiger partial charge in [-0.25, -0.2) is 0 Å². The second-order valence-electron chi connectivity index (χ2n) is 6.18. The van der Waals surface area contributed by atoms with Gasteiger partial charge in [0.05, 0.1) is 32.3 Å². The lowest BCUT2D eigenvalue weighted by Crippen LogP contribution is -2.28. The van der Waals surface area contributed by atoms with Crippen LogP contribution in [-0.2, 0) is 0 Å². The maximum absolute atomic E-state index is 12.7. The van der Waals surface area contributed by atoms with Crippen molar-refractivity contribution in [3.8, 4) is 23.3 Å². The van der Waals surface area contributed by atoms with E-state index >= 15 is 0 Å². The summed E-state index contributed by atoms with van der Waals surface area (Å²) in [5.41, 5.74) is 0.594. The Morgan fingerprint density at radius 2 is 1.83 bits per heavy atom. The second-order valence-corrected chi connectivity index (χ2v) is 6.18. The molecule has 1 unspecified atom stereocenters. The molecule has 0 saturated heterocycles. The Balaban J connectivity index is 1.94. The highest BCUT2D eigenvalue weighted by Crippen LogP contribution is 2.39. The quantitative estimate of drug-likeness (QED) is 0.450. The van der Waals surface area contributed by atoms with Gasteiger partial charge >= 0.3 is 0 Å². The number of nitrogens with zero attached hydrogens (tertiary/aromatic N) is 2. The van der Waals surface area contributed by atoms with Gasteiger partial charge in [0.15, 0.2) is 11.5 Å². The minimum absolute atomic E-state index is 0.0898. The minimum atomic E-state index is -1.03. The van der Waals surface area contributed by atoms with E-state index in [4.69, 9.17) is 14.2 Å². The molecule has 1 aromatic heterocycles. The normalized spacial score (nSPS) is 11.4. The predicted molar refractivity (Wildman–Crippen MR) is 107 cm³/mol. The molecule has 0 aliphatic heterocycles. The molecule has 3 rings (SSSR count). The molecule has 2 aromatic carbocycles. The highest BCUT2D eigenvalue weighted by molar-refractivity contribution is 6.00. The van der Waals surface area contributed by atoms with Crippen molar-refractivity contribution in [1.29, 1.82) is 5.26 Å². The number of fused-ring (bicyclic) bond motifs is 1. The van der Waals surface area contributed by atoms with Crippen molar-refractivity contribution in [2.24, 2.45) is 0 Å². The van der Waals surface area contributed by atoms with Gasteiger partial charge in [0.2, 0.25) is 5.75 Å². The summed E-state index contributed by atoms with van der Waals surface area (Å²) in [7, 11) is 4.34. The van der Waals surface area contributed by atoms with Crippen LogP contribution in [0.5, 0.6) is 17.2 Å². The number of methoxy groups -OCH3 is 3. The van der Waals surface area contributed by atoms with Gasteiger partial charge in [-0.05, 0) is 23.8 Å². The Morgan fingerprint density at radius 1 is 1.17 bits per heavy atom. The van der Waals surface area contributed by atoms with Crippen LogP contribution in [0.3, 0.4) is 0 Å². The van der Waals surface area contributed by atoms with E-state index < -0.39 is 16.9 Å². The highest BCUT2D eigenvalue weighted by atomic mass is 16.6. The molecule has 0 bridgehead atoms. The molecule has 1 atom stereocenters. The summed E-state index contributed by atoms with van der Waals surface area (Å²) in [6, 6.07) is 10.1. The van der Waals surface area contributed by atoms with Gasteiger partial charge in [0.25, 0.3) is 11.6 Å². The van der Waals surface area contributed by atoms with Crippen molar-refractivity contribution < 1.29 is 23.9 Å². The van der Waals surface area contributed by atoms with Crippen LogP contribution in [0.15, 0.2) is 36.4 Å². The highest BCUT2D eigenvalue weighted by Gasteiger charge is 2.22. The van der Waals surface area contributed by atoms with E-state index in [9.17, 15) is 20.2 Å². The van der Waals surface area contributed by atoms with Crippen molar-refractivity contribution >= 4 is 22.5 Å². The summed E-state index contributed by atoms with van der Waals surface area (Å²) in [5, 5.41) is 23.9. The number of aromatic nitrogens is 1. The Labute approximate surface area is 171 Å². The molecule has 0 aliphatic rings. The van der Waals surface area contributed by atoms with Crippen LogP contribution < -0.4 is 19.5 Å². The number of para-hydroxylation sites is 1. The number of amides is 1. The third-order valence-electron chi connectivity index (χ3n) is 4.50. The Hall–Kier alpha value is -4.26. The number of rotatable bonds is 7. The lowest BCUT2D eigenvalue weighted by molar-refractivity contribution is -0.383. The van der Waals surface area contributed by atoms with Crippen molar-refractivity contribution in [3.05, 3.63) is 57.8 Å². The third kappa shape index (κ3) is 3.68. The summed E-state index contributed by atoms with van der Waals surface area (Å²) < 4.78 is 15.8. The Morgan fingerprint density at radius 3 is 2.37 bits per heavy atom. The zero-order valence-electron chi connectivity index (χ0n) is 16.4. The number of carbonyl (C=O) groups is 1. The summed E-state index contributed by atoms with van der Waals surface area (Å²) in [5.74, 6) is 0.431. The van der Waals surface area contributed by atoms with Gasteiger partial charge in [-0.3, -0.25) is 14.9 Å². The molecule has 0 fully saturated rings. The maximum atomic E-state index is 12.7. The average Bonchev–Trinajstić information content (AvgIpc) is 3.20. The van der Waals surface area contributed by atoms with Crippen LogP contribution in [-0.4, -0.2) is 37.1 Å². The van der Waals surface area contributed by atoms with Crippen molar-refractivity contribution in [2.45, 2.75) is 6.04 Å². The third-order valence-corrected chi connectivity index (χ3v) is 4.50. The first-order valence-electron chi connectivity index (χ1n) is 8.70. The second kappa shape index (κ2) is 8.40. The van der Waals surface area contributed by atoms with E-state index in [1.165, 1.54) is 39.5 Å². The van der Waals surface area contributed by atoms with E-state index in [1.807, 2.05) is 6.07 Å². The number of aromatic amines is 1. The van der Waals surface area contributed by atoms with Crippen molar-refractivity contribution in [1.82, 2.24) is 10.3 Å². The molecule has 1 heterocycles. The molecule has 10 nitrogen and oxygen atoms in total. The molecule has 154 valence electrons. The van der Waals surface area contributed by atoms with Crippen LogP contribution in [0.2, 0.25) is 0 Å². The molecule has 10 heteroatoms. The Bertz CT molecular complexity index is 1140. The number of hydrogen-bond acceptors (Lipinski definition) is 7. The van der Waals surface area contributed by atoms with E-state index in [2.05, 4.69) is 10.3 Å².